The molecule has 3 aromatic rings. The van der Waals surface area contributed by atoms with Crippen LogP contribution in [0.25, 0.3) is 21.7 Å². The van der Waals surface area contributed by atoms with Gasteiger partial charge in [0.1, 0.15) is 40.7 Å². The highest BCUT2D eigenvalue weighted by Gasteiger charge is 2.62. The quantitative estimate of drug-likeness (QED) is 0.259. The van der Waals surface area contributed by atoms with Crippen molar-refractivity contribution in [2.45, 2.75) is 102 Å². The molecule has 1 aromatic carbocycles. The van der Waals surface area contributed by atoms with Crippen LogP contribution in [0.5, 0.6) is 5.75 Å². The first-order chi connectivity index (χ1) is 23.8. The minimum Gasteiger partial charge on any atom is -0.488 e. The Kier molecular flexibility index (Phi) is 9.10. The van der Waals surface area contributed by atoms with Gasteiger partial charge in [-0.05, 0) is 63.6 Å². The highest BCUT2D eigenvalue weighted by atomic mass is 32.2. The summed E-state index contributed by atoms with van der Waals surface area (Å²) >= 11 is 0. The molecule has 0 bridgehead atoms. The monoisotopic (exact) mass is 723 g/mol. The molecule has 3 fully saturated rings. The number of hydrogen-bond donors (Lipinski definition) is 3. The predicted molar refractivity (Wildman–Crippen MR) is 188 cm³/mol. The molecule has 5 atom stereocenters. The number of carbonyl (C=O) groups is 4. The van der Waals surface area contributed by atoms with Gasteiger partial charge in [0.05, 0.1) is 18.1 Å². The summed E-state index contributed by atoms with van der Waals surface area (Å²) in [4.78, 5) is 60.8. The van der Waals surface area contributed by atoms with Crippen LogP contribution in [0.2, 0.25) is 0 Å². The van der Waals surface area contributed by atoms with Gasteiger partial charge in [-0.3, -0.25) is 24.1 Å². The van der Waals surface area contributed by atoms with Crippen LogP contribution >= 0.6 is 0 Å². The second-order valence-electron chi connectivity index (χ2n) is 15.7. The van der Waals surface area contributed by atoms with Crippen molar-refractivity contribution >= 4 is 55.6 Å². The molecule has 0 unspecified atom stereocenters. The van der Waals surface area contributed by atoms with Crippen molar-refractivity contribution in [2.75, 3.05) is 6.54 Å². The number of alkyl carbamates (subject to hydrolysis) is 1. The molecule has 15 heteroatoms. The Hall–Kier alpha value is -4.66. The van der Waals surface area contributed by atoms with E-state index in [1.165, 1.54) is 11.0 Å². The summed E-state index contributed by atoms with van der Waals surface area (Å²) in [6, 6.07) is 3.16. The number of rotatable bonds is 10. The van der Waals surface area contributed by atoms with Gasteiger partial charge in [0.25, 0.3) is 5.91 Å². The number of nitrogens with one attached hydrogen (secondary N) is 3. The standard InChI is InChI=1S/C36H45N5O9S/c1-8-21-17-36(21,32(44)40-51(46,47)23-9-10-23)39-30(42)26-16-22(49-27-15-20-12-14-48-28(20)24-11-13-37-18-25(24)27)19-41(26)31(43)29(34(2,3)4)38-33(45)50-35(5,6)7/h8,11-15,18,21-23,26,29H,1,9-10,16-17,19H2,2-7H3,(H,38,45)(H,39,42)(H,40,44)/t21-,22-,26+,29-,36-/m1/s1. The Labute approximate surface area is 296 Å². The predicted octanol–water partition coefficient (Wildman–Crippen LogP) is 3.94. The van der Waals surface area contributed by atoms with Crippen LogP contribution in [0.15, 0.2) is 53.9 Å². The molecule has 0 spiro atoms. The third-order valence-electron chi connectivity index (χ3n) is 9.48. The SMILES string of the molecule is C=C[C@@H]1C[C@]1(NC(=O)[C@@H]1C[C@@H](Oc2cc3ccoc3c3ccncc23)CN1C(=O)[C@@H](NC(=O)OC(C)(C)C)C(C)(C)C)C(=O)NS(=O)(=O)C1CC1. The number of carbonyl (C=O) groups excluding carboxylic acids is 4. The molecule has 4 amide bonds. The molecule has 51 heavy (non-hydrogen) atoms. The molecule has 2 saturated carbocycles. The number of amides is 4. The van der Waals surface area contributed by atoms with Crippen molar-refractivity contribution in [2.24, 2.45) is 11.3 Å². The number of furan rings is 1. The van der Waals surface area contributed by atoms with Crippen molar-refractivity contribution in [1.29, 1.82) is 0 Å². The molecule has 2 aliphatic carbocycles. The van der Waals surface area contributed by atoms with Gasteiger partial charge in [-0.2, -0.15) is 0 Å². The summed E-state index contributed by atoms with van der Waals surface area (Å²) in [5, 5.41) is 7.09. The maximum atomic E-state index is 14.5. The summed E-state index contributed by atoms with van der Waals surface area (Å²) in [5.74, 6) is -2.12. The Morgan fingerprint density at radius 1 is 1.12 bits per heavy atom. The van der Waals surface area contributed by atoms with E-state index in [-0.39, 0.29) is 19.4 Å². The van der Waals surface area contributed by atoms with Crippen LogP contribution in [0.3, 0.4) is 0 Å². The molecule has 3 heterocycles. The molecule has 3 N–H and O–H groups in total. The topological polar surface area (TPSA) is 186 Å². The smallest absolute Gasteiger partial charge is 0.408 e. The molecular weight excluding hydrogens is 678 g/mol. The lowest BCUT2D eigenvalue weighted by Crippen LogP contribution is -2.60. The van der Waals surface area contributed by atoms with E-state index in [4.69, 9.17) is 13.9 Å². The molecule has 274 valence electrons. The first kappa shape index (κ1) is 36.1. The number of sulfonamides is 1. The number of aromatic nitrogens is 1. The first-order valence-corrected chi connectivity index (χ1v) is 18.6. The maximum Gasteiger partial charge on any atom is 0.408 e. The van der Waals surface area contributed by atoms with Crippen LogP contribution in [0, 0.1) is 11.3 Å². The van der Waals surface area contributed by atoms with Crippen LogP contribution in [0.4, 0.5) is 4.79 Å². The van der Waals surface area contributed by atoms with E-state index in [0.717, 1.165) is 10.8 Å². The highest BCUT2D eigenvalue weighted by molar-refractivity contribution is 7.91. The molecule has 1 saturated heterocycles. The van der Waals surface area contributed by atoms with Crippen LogP contribution in [-0.2, 0) is 29.1 Å². The van der Waals surface area contributed by atoms with Gasteiger partial charge in [-0.25, -0.2) is 13.2 Å². The lowest BCUT2D eigenvalue weighted by molar-refractivity contribution is -0.143. The summed E-state index contributed by atoms with van der Waals surface area (Å²) in [6.07, 6.45) is 5.96. The molecule has 0 radical (unpaired) electrons. The number of nitrogens with zero attached hydrogens (tertiary/aromatic N) is 2. The van der Waals surface area contributed by atoms with Crippen molar-refractivity contribution in [3.63, 3.8) is 0 Å². The lowest BCUT2D eigenvalue weighted by atomic mass is 9.85. The second-order valence-corrected chi connectivity index (χ2v) is 17.7. The van der Waals surface area contributed by atoms with E-state index in [2.05, 4.69) is 26.9 Å². The molecule has 2 aromatic heterocycles. The zero-order valence-corrected chi connectivity index (χ0v) is 30.5. The van der Waals surface area contributed by atoms with E-state index in [1.807, 2.05) is 12.1 Å². The van der Waals surface area contributed by atoms with E-state index in [0.29, 0.717) is 29.6 Å². The summed E-state index contributed by atoms with van der Waals surface area (Å²) < 4.78 is 45.2. The number of hydrogen-bond acceptors (Lipinski definition) is 10. The zero-order valence-electron chi connectivity index (χ0n) is 29.6. The van der Waals surface area contributed by atoms with Gasteiger partial charge < -0.3 is 29.4 Å². The van der Waals surface area contributed by atoms with E-state index >= 15 is 0 Å². The fourth-order valence-electron chi connectivity index (χ4n) is 6.57. The van der Waals surface area contributed by atoms with Gasteiger partial charge in [0.2, 0.25) is 21.8 Å². The normalized spacial score (nSPS) is 24.1. The number of pyridine rings is 1. The van der Waals surface area contributed by atoms with Gasteiger partial charge in [0, 0.05) is 40.9 Å². The average Bonchev–Trinajstić information content (AvgIpc) is 3.92. The van der Waals surface area contributed by atoms with Crippen molar-refractivity contribution in [3.8, 4) is 5.75 Å². The fraction of sp³-hybridized carbons (Fsp3) is 0.528. The Bertz CT molecular complexity index is 2010. The minimum atomic E-state index is -3.90. The Morgan fingerprint density at radius 3 is 2.47 bits per heavy atom. The van der Waals surface area contributed by atoms with Gasteiger partial charge in [-0.1, -0.05) is 26.8 Å². The van der Waals surface area contributed by atoms with Gasteiger partial charge in [0.15, 0.2) is 0 Å². The minimum absolute atomic E-state index is 0.0306. The zero-order chi connectivity index (χ0) is 37.1. The summed E-state index contributed by atoms with van der Waals surface area (Å²) in [7, 11) is -3.90. The molecular formula is C36H45N5O9S. The third kappa shape index (κ3) is 7.39. The fourth-order valence-corrected chi connectivity index (χ4v) is 7.93. The van der Waals surface area contributed by atoms with Crippen molar-refractivity contribution in [1.82, 2.24) is 25.2 Å². The largest absolute Gasteiger partial charge is 0.488 e. The first-order valence-electron chi connectivity index (χ1n) is 17.0. The number of ether oxygens (including phenoxy) is 2. The lowest BCUT2D eigenvalue weighted by Gasteiger charge is -2.36. The molecule has 14 nitrogen and oxygen atoms in total. The van der Waals surface area contributed by atoms with Crippen LogP contribution in [-0.4, -0.2) is 83.2 Å². The van der Waals surface area contributed by atoms with E-state index in [1.54, 1.807) is 66.3 Å². The van der Waals surface area contributed by atoms with Crippen LogP contribution < -0.4 is 20.1 Å². The Balaban J connectivity index is 1.31. The number of likely N-dealkylation sites (tertiary alicyclic amines) is 1. The van der Waals surface area contributed by atoms with Crippen molar-refractivity contribution < 1.29 is 41.5 Å². The molecule has 3 aliphatic rings. The second kappa shape index (κ2) is 12.8. The van der Waals surface area contributed by atoms with Crippen molar-refractivity contribution in [3.05, 3.63) is 49.5 Å². The van der Waals surface area contributed by atoms with E-state index in [9.17, 15) is 27.6 Å². The van der Waals surface area contributed by atoms with Gasteiger partial charge >= 0.3 is 6.09 Å². The average molecular weight is 724 g/mol. The van der Waals surface area contributed by atoms with Gasteiger partial charge in [-0.15, -0.1) is 6.58 Å². The molecule has 1 aliphatic heterocycles. The summed E-state index contributed by atoms with van der Waals surface area (Å²) in [6.45, 7) is 14.2. The number of fused-ring (bicyclic) bond motifs is 3. The maximum absolute atomic E-state index is 14.5. The molecule has 6 rings (SSSR count). The Morgan fingerprint density at radius 2 is 1.84 bits per heavy atom. The summed E-state index contributed by atoms with van der Waals surface area (Å²) in [5.41, 5.74) is -2.53. The number of benzene rings is 1. The highest BCUT2D eigenvalue weighted by Crippen LogP contribution is 2.46. The van der Waals surface area contributed by atoms with Crippen LogP contribution in [0.1, 0.15) is 67.2 Å². The van der Waals surface area contributed by atoms with E-state index < -0.39 is 79.7 Å². The third-order valence-corrected chi connectivity index (χ3v) is 11.3.